The molecule has 1 unspecified atom stereocenters. The second kappa shape index (κ2) is 7.09. The molecule has 2 aromatic carbocycles. The molecule has 0 bridgehead atoms. The molecule has 0 aliphatic carbocycles. The summed E-state index contributed by atoms with van der Waals surface area (Å²) in [4.78, 5) is 11.0. The van der Waals surface area contributed by atoms with Crippen LogP contribution in [0.4, 0.5) is 0 Å². The maximum Gasteiger partial charge on any atom is 0.305 e. The molecular weight excluding hydrogens is 266 g/mol. The molecule has 4 nitrogen and oxygen atoms in total. The lowest BCUT2D eigenvalue weighted by Gasteiger charge is -2.16. The van der Waals surface area contributed by atoms with Crippen molar-refractivity contribution in [2.75, 3.05) is 13.7 Å². The quantitative estimate of drug-likeness (QED) is 0.633. The molecule has 0 heterocycles. The molecule has 112 valence electrons. The van der Waals surface area contributed by atoms with E-state index in [0.29, 0.717) is 25.1 Å². The van der Waals surface area contributed by atoms with Crippen LogP contribution in [0.2, 0.25) is 0 Å². The number of phenols is 1. The Balaban J connectivity index is 2.01. The fraction of sp³-hybridized carbons (Fsp3) is 0.353. The van der Waals surface area contributed by atoms with E-state index in [1.54, 1.807) is 0 Å². The summed E-state index contributed by atoms with van der Waals surface area (Å²) in [6.07, 6.45) is 1.12. The number of nitrogens with one attached hydrogen (secondary N) is 1. The highest BCUT2D eigenvalue weighted by atomic mass is 16.5. The number of methoxy groups -OCH3 is 1. The number of carbonyl (C=O) groups is 1. The van der Waals surface area contributed by atoms with E-state index in [1.807, 2.05) is 43.3 Å². The van der Waals surface area contributed by atoms with E-state index < -0.39 is 0 Å². The lowest BCUT2D eigenvalue weighted by atomic mass is 10.0. The van der Waals surface area contributed by atoms with E-state index in [9.17, 15) is 9.90 Å². The zero-order valence-electron chi connectivity index (χ0n) is 12.4. The van der Waals surface area contributed by atoms with Gasteiger partial charge in [-0.05, 0) is 25.3 Å². The van der Waals surface area contributed by atoms with Crippen LogP contribution < -0.4 is 5.32 Å². The SMILES string of the molecule is COC(=O)CCCNC(C)c1ccc2ccccc2c1O. The number of phenolic OH excluding ortho intramolecular Hbond substituents is 1. The summed E-state index contributed by atoms with van der Waals surface area (Å²) in [6.45, 7) is 2.70. The Morgan fingerprint density at radius 3 is 2.81 bits per heavy atom. The van der Waals surface area contributed by atoms with Gasteiger partial charge in [0.1, 0.15) is 5.75 Å². The van der Waals surface area contributed by atoms with Gasteiger partial charge in [-0.2, -0.15) is 0 Å². The van der Waals surface area contributed by atoms with E-state index in [1.165, 1.54) is 7.11 Å². The van der Waals surface area contributed by atoms with Crippen LogP contribution in [-0.2, 0) is 9.53 Å². The van der Waals surface area contributed by atoms with Gasteiger partial charge in [-0.15, -0.1) is 0 Å². The maximum absolute atomic E-state index is 11.0. The minimum Gasteiger partial charge on any atom is -0.507 e. The van der Waals surface area contributed by atoms with Crippen molar-refractivity contribution in [2.24, 2.45) is 0 Å². The average Bonchev–Trinajstić information content (AvgIpc) is 2.51. The van der Waals surface area contributed by atoms with Crippen molar-refractivity contribution >= 4 is 16.7 Å². The first-order chi connectivity index (χ1) is 10.1. The van der Waals surface area contributed by atoms with Crippen LogP contribution in [0.5, 0.6) is 5.75 Å². The van der Waals surface area contributed by atoms with Crippen molar-refractivity contribution < 1.29 is 14.6 Å². The number of ether oxygens (including phenoxy) is 1. The summed E-state index contributed by atoms with van der Waals surface area (Å²) in [6, 6.07) is 11.7. The highest BCUT2D eigenvalue weighted by molar-refractivity contribution is 5.89. The van der Waals surface area contributed by atoms with Crippen molar-refractivity contribution in [3.05, 3.63) is 42.0 Å². The summed E-state index contributed by atoms with van der Waals surface area (Å²) >= 11 is 0. The molecule has 0 aromatic heterocycles. The second-order valence-corrected chi connectivity index (χ2v) is 5.08. The van der Waals surface area contributed by atoms with Gasteiger partial charge in [-0.3, -0.25) is 4.79 Å². The van der Waals surface area contributed by atoms with Gasteiger partial charge in [-0.1, -0.05) is 36.4 Å². The highest BCUT2D eigenvalue weighted by Gasteiger charge is 2.12. The molecule has 0 aliphatic rings. The molecule has 21 heavy (non-hydrogen) atoms. The number of aromatic hydroxyl groups is 1. The number of carbonyl (C=O) groups excluding carboxylic acids is 1. The molecule has 2 aromatic rings. The van der Waals surface area contributed by atoms with Crippen molar-refractivity contribution in [1.82, 2.24) is 5.32 Å². The Hall–Kier alpha value is -2.07. The van der Waals surface area contributed by atoms with E-state index in [-0.39, 0.29) is 12.0 Å². The van der Waals surface area contributed by atoms with E-state index in [0.717, 1.165) is 16.3 Å². The number of esters is 1. The fourth-order valence-corrected chi connectivity index (χ4v) is 2.38. The molecule has 1 atom stereocenters. The van der Waals surface area contributed by atoms with Gasteiger partial charge in [0, 0.05) is 23.4 Å². The maximum atomic E-state index is 11.0. The molecule has 2 rings (SSSR count). The largest absolute Gasteiger partial charge is 0.507 e. The predicted octanol–water partition coefficient (Wildman–Crippen LogP) is 3.15. The third kappa shape index (κ3) is 3.73. The van der Waals surface area contributed by atoms with Crippen molar-refractivity contribution in [1.29, 1.82) is 0 Å². The molecule has 4 heteroatoms. The van der Waals surface area contributed by atoms with Crippen LogP contribution >= 0.6 is 0 Å². The monoisotopic (exact) mass is 287 g/mol. The first-order valence-electron chi connectivity index (χ1n) is 7.14. The smallest absolute Gasteiger partial charge is 0.305 e. The van der Waals surface area contributed by atoms with Gasteiger partial charge in [0.2, 0.25) is 0 Å². The van der Waals surface area contributed by atoms with Gasteiger partial charge in [0.05, 0.1) is 7.11 Å². The number of fused-ring (bicyclic) bond motifs is 1. The molecule has 0 aliphatic heterocycles. The summed E-state index contributed by atoms with van der Waals surface area (Å²) in [5, 5.41) is 15.6. The molecule has 0 saturated carbocycles. The minimum absolute atomic E-state index is 0.0206. The first-order valence-corrected chi connectivity index (χ1v) is 7.14. The molecule has 2 N–H and O–H groups in total. The normalized spacial score (nSPS) is 12.3. The zero-order valence-corrected chi connectivity index (χ0v) is 12.4. The number of rotatable bonds is 6. The van der Waals surface area contributed by atoms with Crippen molar-refractivity contribution in [2.45, 2.75) is 25.8 Å². The van der Waals surface area contributed by atoms with Crippen molar-refractivity contribution in [3.8, 4) is 5.75 Å². The van der Waals surface area contributed by atoms with E-state index in [2.05, 4.69) is 10.1 Å². The van der Waals surface area contributed by atoms with E-state index in [4.69, 9.17) is 0 Å². The summed E-state index contributed by atoms with van der Waals surface area (Å²) < 4.78 is 4.60. The molecule has 0 spiro atoms. The molecule has 0 radical (unpaired) electrons. The molecule has 0 saturated heterocycles. The van der Waals surface area contributed by atoms with Gasteiger partial charge < -0.3 is 15.2 Å². The minimum atomic E-state index is -0.196. The average molecular weight is 287 g/mol. The summed E-state index contributed by atoms with van der Waals surface area (Å²) in [5.41, 5.74) is 0.867. The standard InChI is InChI=1S/C17H21NO3/c1-12(18-11-5-8-16(19)21-2)14-10-9-13-6-3-4-7-15(13)17(14)20/h3-4,6-7,9-10,12,18,20H,5,8,11H2,1-2H3. The number of benzene rings is 2. The third-order valence-corrected chi connectivity index (χ3v) is 3.63. The van der Waals surface area contributed by atoms with Crippen LogP contribution in [0.1, 0.15) is 31.4 Å². The second-order valence-electron chi connectivity index (χ2n) is 5.08. The van der Waals surface area contributed by atoms with Crippen LogP contribution in [-0.4, -0.2) is 24.7 Å². The van der Waals surface area contributed by atoms with Crippen molar-refractivity contribution in [3.63, 3.8) is 0 Å². The van der Waals surface area contributed by atoms with Gasteiger partial charge in [0.25, 0.3) is 0 Å². The van der Waals surface area contributed by atoms with Crippen LogP contribution in [0, 0.1) is 0 Å². The zero-order chi connectivity index (χ0) is 15.2. The summed E-state index contributed by atoms with van der Waals surface area (Å²) in [5.74, 6) is 0.124. The molecule has 0 fully saturated rings. The van der Waals surface area contributed by atoms with Gasteiger partial charge >= 0.3 is 5.97 Å². The van der Waals surface area contributed by atoms with Crippen LogP contribution in [0.15, 0.2) is 36.4 Å². The Morgan fingerprint density at radius 2 is 2.05 bits per heavy atom. The Labute approximate surface area is 124 Å². The van der Waals surface area contributed by atoms with E-state index >= 15 is 0 Å². The lowest BCUT2D eigenvalue weighted by Crippen LogP contribution is -2.20. The first kappa shape index (κ1) is 15.3. The summed E-state index contributed by atoms with van der Waals surface area (Å²) in [7, 11) is 1.39. The lowest BCUT2D eigenvalue weighted by molar-refractivity contribution is -0.140. The Kier molecular flexibility index (Phi) is 5.17. The van der Waals surface area contributed by atoms with Gasteiger partial charge in [0.15, 0.2) is 0 Å². The fourth-order valence-electron chi connectivity index (χ4n) is 2.38. The predicted molar refractivity (Wildman–Crippen MR) is 83.3 cm³/mol. The third-order valence-electron chi connectivity index (χ3n) is 3.63. The number of hydrogen-bond acceptors (Lipinski definition) is 4. The van der Waals surface area contributed by atoms with Crippen LogP contribution in [0.25, 0.3) is 10.8 Å². The van der Waals surface area contributed by atoms with Gasteiger partial charge in [-0.25, -0.2) is 0 Å². The highest BCUT2D eigenvalue weighted by Crippen LogP contribution is 2.32. The molecular formula is C17H21NO3. The Morgan fingerprint density at radius 1 is 1.29 bits per heavy atom. The molecule has 0 amide bonds. The topological polar surface area (TPSA) is 58.6 Å². The Bertz CT molecular complexity index is 624. The number of hydrogen-bond donors (Lipinski definition) is 2. The van der Waals surface area contributed by atoms with Crippen LogP contribution in [0.3, 0.4) is 0 Å².